The summed E-state index contributed by atoms with van der Waals surface area (Å²) < 4.78 is 74.7. The maximum Gasteiger partial charge on any atom is 0.416 e. The van der Waals surface area contributed by atoms with Crippen molar-refractivity contribution >= 4 is 23.3 Å². The summed E-state index contributed by atoms with van der Waals surface area (Å²) in [5, 5.41) is 3.19. The first-order valence-electron chi connectivity index (χ1n) is 12.4. The Bertz CT molecular complexity index is 1250. The van der Waals surface area contributed by atoms with Gasteiger partial charge in [-0.25, -0.2) is 4.79 Å². The molecule has 3 aromatic rings. The predicted molar refractivity (Wildman–Crippen MR) is 141 cm³/mol. The van der Waals surface area contributed by atoms with Gasteiger partial charge in [-0.05, 0) is 47.5 Å². The molecule has 0 aliphatic carbocycles. The molecule has 0 radical (unpaired) electrons. The van der Waals surface area contributed by atoms with Gasteiger partial charge in [-0.15, -0.1) is 0 Å². The number of ether oxygens (including phenoxy) is 2. The Hall–Kier alpha value is -3.41. The molecular weight excluding hydrogens is 557 g/mol. The summed E-state index contributed by atoms with van der Waals surface area (Å²) in [5.41, 5.74) is 0.879. The Balaban J connectivity index is 1.35. The van der Waals surface area contributed by atoms with Gasteiger partial charge in [0, 0.05) is 37.7 Å². The van der Waals surface area contributed by atoms with Crippen LogP contribution in [0, 0.1) is 0 Å². The third-order valence-corrected chi connectivity index (χ3v) is 6.65. The number of alkyl halides is 5. The Kier molecular flexibility index (Phi) is 9.83. The van der Waals surface area contributed by atoms with Gasteiger partial charge in [-0.2, -0.15) is 22.0 Å². The molecule has 0 spiro atoms. The van der Waals surface area contributed by atoms with Gasteiger partial charge in [0.05, 0.1) is 24.0 Å². The number of carbonyl (C=O) groups excluding carboxylic acids is 1. The van der Waals surface area contributed by atoms with Crippen molar-refractivity contribution in [2.75, 3.05) is 38.0 Å². The van der Waals surface area contributed by atoms with Gasteiger partial charge >= 0.3 is 18.8 Å². The molecule has 1 N–H and O–H groups in total. The number of rotatable bonds is 9. The van der Waals surface area contributed by atoms with Gasteiger partial charge < -0.3 is 19.7 Å². The molecule has 4 rings (SSSR count). The van der Waals surface area contributed by atoms with Crippen LogP contribution in [-0.4, -0.2) is 55.2 Å². The number of hydrogen-bond donors (Lipinski definition) is 1. The Morgan fingerprint density at radius 1 is 0.925 bits per heavy atom. The third kappa shape index (κ3) is 8.30. The molecule has 2 amide bonds. The van der Waals surface area contributed by atoms with Crippen molar-refractivity contribution in [1.82, 2.24) is 9.80 Å². The first-order valence-corrected chi connectivity index (χ1v) is 12.8. The highest BCUT2D eigenvalue weighted by atomic mass is 35.5. The summed E-state index contributed by atoms with van der Waals surface area (Å²) in [7, 11) is 0. The minimum Gasteiger partial charge on any atom is -0.433 e. The number of piperazine rings is 1. The molecule has 3 aromatic carbocycles. The number of nitrogens with one attached hydrogen (secondary N) is 1. The smallest absolute Gasteiger partial charge is 0.416 e. The van der Waals surface area contributed by atoms with E-state index in [9.17, 15) is 26.7 Å². The topological polar surface area (TPSA) is 54.0 Å². The zero-order valence-electron chi connectivity index (χ0n) is 21.2. The molecule has 12 heteroatoms. The van der Waals surface area contributed by atoms with Crippen molar-refractivity contribution in [3.8, 4) is 5.75 Å². The summed E-state index contributed by atoms with van der Waals surface area (Å²) in [6.07, 6.45) is -4.81. The van der Waals surface area contributed by atoms with Crippen LogP contribution in [0.2, 0.25) is 5.02 Å². The Morgan fingerprint density at radius 3 is 2.20 bits per heavy atom. The molecule has 214 valence electrons. The molecule has 1 saturated heterocycles. The van der Waals surface area contributed by atoms with E-state index in [1.807, 2.05) is 12.1 Å². The second-order valence-electron chi connectivity index (χ2n) is 9.14. The molecule has 40 heavy (non-hydrogen) atoms. The number of benzene rings is 3. The zero-order chi connectivity index (χ0) is 28.7. The number of carbonyl (C=O) groups is 1. The summed E-state index contributed by atoms with van der Waals surface area (Å²) >= 11 is 6.04. The molecule has 0 saturated carbocycles. The number of anilines is 1. The lowest BCUT2D eigenvalue weighted by Gasteiger charge is -2.36. The highest BCUT2D eigenvalue weighted by Crippen LogP contribution is 2.30. The minimum atomic E-state index is -4.41. The fraction of sp³-hybridized carbons (Fsp3) is 0.321. The second-order valence-corrected chi connectivity index (χ2v) is 9.57. The van der Waals surface area contributed by atoms with Gasteiger partial charge in [0.2, 0.25) is 0 Å². The van der Waals surface area contributed by atoms with Gasteiger partial charge in [0.15, 0.2) is 0 Å². The van der Waals surface area contributed by atoms with Crippen LogP contribution in [-0.2, 0) is 17.5 Å². The van der Waals surface area contributed by atoms with Crippen LogP contribution < -0.4 is 10.1 Å². The van der Waals surface area contributed by atoms with E-state index in [-0.39, 0.29) is 18.0 Å². The highest BCUT2D eigenvalue weighted by molar-refractivity contribution is 6.30. The number of urea groups is 1. The first-order chi connectivity index (χ1) is 19.1. The van der Waals surface area contributed by atoms with Crippen molar-refractivity contribution in [2.24, 2.45) is 0 Å². The standard InChI is InChI=1S/C28H27ClF5N3O3/c29-22-11-7-20(8-12-22)25(39-18-19-5-9-21(10-6-19)28(32,33)34)17-36-13-15-37(16-14-36)27(38)35-23-3-1-2-4-24(23)40-26(30)31/h1-12,25-26H,13-18H2,(H,35,38). The summed E-state index contributed by atoms with van der Waals surface area (Å²) in [6.45, 7) is -0.619. The SMILES string of the molecule is O=C(Nc1ccccc1OC(F)F)N1CCN(CC(OCc2ccc(C(F)(F)F)cc2)c2ccc(Cl)cc2)CC1. The highest BCUT2D eigenvalue weighted by Gasteiger charge is 2.30. The lowest BCUT2D eigenvalue weighted by atomic mass is 10.1. The van der Waals surface area contributed by atoms with E-state index in [1.165, 1.54) is 30.3 Å². The molecule has 1 unspecified atom stereocenters. The molecule has 6 nitrogen and oxygen atoms in total. The molecule has 0 bridgehead atoms. The monoisotopic (exact) mass is 583 g/mol. The van der Waals surface area contributed by atoms with Gasteiger partial charge in [-0.1, -0.05) is 48.0 Å². The van der Waals surface area contributed by atoms with Crippen molar-refractivity contribution in [3.05, 3.63) is 94.5 Å². The van der Waals surface area contributed by atoms with E-state index in [4.69, 9.17) is 16.3 Å². The average Bonchev–Trinajstić information content (AvgIpc) is 2.92. The molecule has 1 aliphatic rings. The van der Waals surface area contributed by atoms with Crippen molar-refractivity contribution in [2.45, 2.75) is 25.5 Å². The average molecular weight is 584 g/mol. The second kappa shape index (κ2) is 13.3. The van der Waals surface area contributed by atoms with Gasteiger partial charge in [0.25, 0.3) is 0 Å². The third-order valence-electron chi connectivity index (χ3n) is 6.40. The predicted octanol–water partition coefficient (Wildman–Crippen LogP) is 7.07. The summed E-state index contributed by atoms with van der Waals surface area (Å²) in [6, 6.07) is 17.5. The number of hydrogen-bond acceptors (Lipinski definition) is 4. The lowest BCUT2D eigenvalue weighted by molar-refractivity contribution is -0.137. The molecular formula is C28H27ClF5N3O3. The maximum atomic E-state index is 12.9. The fourth-order valence-corrected chi connectivity index (χ4v) is 4.38. The van der Waals surface area contributed by atoms with E-state index >= 15 is 0 Å². The molecule has 1 fully saturated rings. The van der Waals surface area contributed by atoms with Crippen LogP contribution in [0.15, 0.2) is 72.8 Å². The van der Waals surface area contributed by atoms with Crippen molar-refractivity contribution in [3.63, 3.8) is 0 Å². The maximum absolute atomic E-state index is 12.9. The van der Waals surface area contributed by atoms with Crippen LogP contribution in [0.1, 0.15) is 22.8 Å². The zero-order valence-corrected chi connectivity index (χ0v) is 22.0. The van der Waals surface area contributed by atoms with Crippen LogP contribution in [0.4, 0.5) is 32.4 Å². The van der Waals surface area contributed by atoms with Crippen LogP contribution in [0.5, 0.6) is 5.75 Å². The fourth-order valence-electron chi connectivity index (χ4n) is 4.25. The number of nitrogens with zero attached hydrogens (tertiary/aromatic N) is 2. The van der Waals surface area contributed by atoms with Crippen molar-refractivity contribution in [1.29, 1.82) is 0 Å². The molecule has 1 atom stereocenters. The van der Waals surface area contributed by atoms with Crippen LogP contribution >= 0.6 is 11.6 Å². The normalized spacial score (nSPS) is 15.2. The number of para-hydroxylation sites is 2. The molecule has 1 heterocycles. The van der Waals surface area contributed by atoms with E-state index in [0.717, 1.165) is 17.7 Å². The summed E-state index contributed by atoms with van der Waals surface area (Å²) in [4.78, 5) is 16.5. The van der Waals surface area contributed by atoms with Gasteiger partial charge in [0.1, 0.15) is 5.75 Å². The lowest BCUT2D eigenvalue weighted by Crippen LogP contribution is -2.50. The first kappa shape index (κ1) is 29.6. The Labute approximate surface area is 233 Å². The van der Waals surface area contributed by atoms with E-state index in [2.05, 4.69) is 15.0 Å². The Morgan fingerprint density at radius 2 is 1.57 bits per heavy atom. The van der Waals surface area contributed by atoms with Crippen LogP contribution in [0.25, 0.3) is 0 Å². The van der Waals surface area contributed by atoms with E-state index < -0.39 is 30.5 Å². The minimum absolute atomic E-state index is 0.105. The van der Waals surface area contributed by atoms with E-state index in [0.29, 0.717) is 43.3 Å². The van der Waals surface area contributed by atoms with E-state index in [1.54, 1.807) is 23.1 Å². The largest absolute Gasteiger partial charge is 0.433 e. The quantitative estimate of drug-likeness (QED) is 0.274. The molecule has 1 aliphatic heterocycles. The summed E-state index contributed by atoms with van der Waals surface area (Å²) in [5.74, 6) is -0.125. The molecule has 0 aromatic heterocycles. The van der Waals surface area contributed by atoms with Crippen LogP contribution in [0.3, 0.4) is 0 Å². The number of halogens is 6. The van der Waals surface area contributed by atoms with Gasteiger partial charge in [-0.3, -0.25) is 4.90 Å². The number of amides is 2. The van der Waals surface area contributed by atoms with Crippen molar-refractivity contribution < 1.29 is 36.2 Å².